The molecular formula is C26H30FN7O4. The van der Waals surface area contributed by atoms with Gasteiger partial charge in [-0.2, -0.15) is 0 Å². The summed E-state index contributed by atoms with van der Waals surface area (Å²) in [5.74, 6) is -0.105. The van der Waals surface area contributed by atoms with Gasteiger partial charge in [-0.05, 0) is 49.4 Å². The van der Waals surface area contributed by atoms with Gasteiger partial charge in [-0.3, -0.25) is 14.7 Å². The van der Waals surface area contributed by atoms with E-state index in [2.05, 4.69) is 31.2 Å². The highest BCUT2D eigenvalue weighted by Crippen LogP contribution is 2.38. The molecule has 3 aliphatic rings. The van der Waals surface area contributed by atoms with Crippen molar-refractivity contribution < 1.29 is 23.5 Å². The number of halogens is 1. The van der Waals surface area contributed by atoms with Gasteiger partial charge in [-0.25, -0.2) is 19.0 Å². The van der Waals surface area contributed by atoms with Crippen LogP contribution < -0.4 is 21.3 Å². The standard InChI is InChI=1S/C26H30FN7O4/c1-3-19(14-7-8-14)34-24(35)21-23(33-26(34)37)32-22(31-21)15-9-10-17(29-13-15)16-5-4-6-18(20(16)27)30-25(36)28-11-12-38-2/h4-6,9-10,13-14,19,21,23H,3,7-8,11-12H2,1-2H3,(H,31,32)(H,33,37)(H2,28,30,36). The van der Waals surface area contributed by atoms with E-state index in [0.29, 0.717) is 42.6 Å². The molecule has 5 amide bonds. The minimum Gasteiger partial charge on any atom is -0.383 e. The van der Waals surface area contributed by atoms with E-state index >= 15 is 4.39 Å². The molecule has 12 heteroatoms. The van der Waals surface area contributed by atoms with Crippen molar-refractivity contribution in [2.24, 2.45) is 10.9 Å². The number of pyridine rings is 1. The summed E-state index contributed by atoms with van der Waals surface area (Å²) in [6.07, 6.45) is 3.59. The summed E-state index contributed by atoms with van der Waals surface area (Å²) < 4.78 is 20.0. The maximum atomic E-state index is 15.2. The zero-order valence-corrected chi connectivity index (χ0v) is 21.2. The average molecular weight is 524 g/mol. The van der Waals surface area contributed by atoms with Crippen molar-refractivity contribution in [3.8, 4) is 11.3 Å². The first-order valence-electron chi connectivity index (χ1n) is 12.7. The Hall–Kier alpha value is -4.06. The number of hydrogen-bond acceptors (Lipinski definition) is 7. The van der Waals surface area contributed by atoms with Crippen molar-refractivity contribution in [3.05, 3.63) is 47.9 Å². The second-order valence-electron chi connectivity index (χ2n) is 9.49. The molecule has 0 spiro atoms. The summed E-state index contributed by atoms with van der Waals surface area (Å²) in [6.45, 7) is 2.62. The number of rotatable bonds is 9. The topological polar surface area (TPSA) is 137 Å². The number of aromatic nitrogens is 1. The molecule has 38 heavy (non-hydrogen) atoms. The number of anilines is 1. The zero-order chi connectivity index (χ0) is 26.8. The number of nitrogens with one attached hydrogen (secondary N) is 4. The van der Waals surface area contributed by atoms with Gasteiger partial charge in [0.1, 0.15) is 11.9 Å². The number of amides is 5. The number of fused-ring (bicyclic) bond motifs is 1. The monoisotopic (exact) mass is 523 g/mol. The van der Waals surface area contributed by atoms with Gasteiger partial charge in [0.05, 0.1) is 18.0 Å². The quantitative estimate of drug-likeness (QED) is 0.373. The van der Waals surface area contributed by atoms with Crippen LogP contribution in [0.4, 0.5) is 19.7 Å². The Labute approximate surface area is 219 Å². The molecule has 11 nitrogen and oxygen atoms in total. The smallest absolute Gasteiger partial charge is 0.326 e. The fourth-order valence-corrected chi connectivity index (χ4v) is 4.87. The number of carbonyl (C=O) groups is 3. The third kappa shape index (κ3) is 5.03. The molecule has 2 aliphatic heterocycles. The van der Waals surface area contributed by atoms with Crippen LogP contribution >= 0.6 is 0 Å². The fourth-order valence-electron chi connectivity index (χ4n) is 4.87. The fraction of sp³-hybridized carbons (Fsp3) is 0.423. The zero-order valence-electron chi connectivity index (χ0n) is 21.2. The van der Waals surface area contributed by atoms with Gasteiger partial charge in [-0.15, -0.1) is 0 Å². The normalized spacial score (nSPS) is 21.2. The summed E-state index contributed by atoms with van der Waals surface area (Å²) in [5.41, 5.74) is 1.18. The third-order valence-electron chi connectivity index (χ3n) is 6.94. The molecule has 0 bridgehead atoms. The Bertz CT molecular complexity index is 1260. The summed E-state index contributed by atoms with van der Waals surface area (Å²) in [6, 6.07) is 6.25. The lowest BCUT2D eigenvalue weighted by atomic mass is 10.0. The van der Waals surface area contributed by atoms with E-state index in [1.54, 1.807) is 24.3 Å². The van der Waals surface area contributed by atoms with Crippen molar-refractivity contribution in [2.75, 3.05) is 25.6 Å². The lowest BCUT2D eigenvalue weighted by Crippen LogP contribution is -2.66. The van der Waals surface area contributed by atoms with Gasteiger partial charge in [0.25, 0.3) is 5.91 Å². The number of amidine groups is 1. The SMILES string of the molecule is CCC(C1CC1)N1C(=O)NC2N=C(c3ccc(-c4cccc(NC(=O)NCCOC)c4F)nc3)NC2C1=O. The molecule has 200 valence electrons. The largest absolute Gasteiger partial charge is 0.383 e. The van der Waals surface area contributed by atoms with E-state index in [0.717, 1.165) is 12.8 Å². The van der Waals surface area contributed by atoms with E-state index in [-0.39, 0.29) is 23.2 Å². The summed E-state index contributed by atoms with van der Waals surface area (Å²) in [5, 5.41) is 11.0. The molecule has 3 unspecified atom stereocenters. The number of hydrogen-bond donors (Lipinski definition) is 4. The van der Waals surface area contributed by atoms with Crippen molar-refractivity contribution in [1.29, 1.82) is 0 Å². The molecule has 1 saturated heterocycles. The maximum absolute atomic E-state index is 15.2. The van der Waals surface area contributed by atoms with Crippen LogP contribution in [0, 0.1) is 11.7 Å². The predicted molar refractivity (Wildman–Crippen MR) is 138 cm³/mol. The molecule has 1 aromatic heterocycles. The predicted octanol–water partition coefficient (Wildman–Crippen LogP) is 2.44. The van der Waals surface area contributed by atoms with Crippen molar-refractivity contribution in [3.63, 3.8) is 0 Å². The molecule has 2 fully saturated rings. The summed E-state index contributed by atoms with van der Waals surface area (Å²) in [7, 11) is 1.52. The Balaban J connectivity index is 1.28. The minimum atomic E-state index is -0.701. The van der Waals surface area contributed by atoms with Gasteiger partial charge >= 0.3 is 12.1 Å². The van der Waals surface area contributed by atoms with Crippen LogP contribution in [-0.4, -0.2) is 72.2 Å². The van der Waals surface area contributed by atoms with Gasteiger partial charge in [0.15, 0.2) is 12.0 Å². The molecule has 1 saturated carbocycles. The lowest BCUT2D eigenvalue weighted by molar-refractivity contribution is -0.134. The van der Waals surface area contributed by atoms with Crippen LogP contribution in [0.2, 0.25) is 0 Å². The van der Waals surface area contributed by atoms with Crippen LogP contribution in [0.3, 0.4) is 0 Å². The highest BCUT2D eigenvalue weighted by Gasteiger charge is 2.49. The number of nitrogens with zero attached hydrogens (tertiary/aromatic N) is 3. The minimum absolute atomic E-state index is 0.0181. The lowest BCUT2D eigenvalue weighted by Gasteiger charge is -2.37. The van der Waals surface area contributed by atoms with E-state index in [9.17, 15) is 14.4 Å². The average Bonchev–Trinajstić information content (AvgIpc) is 3.66. The van der Waals surface area contributed by atoms with E-state index < -0.39 is 30.1 Å². The molecule has 1 aliphatic carbocycles. The maximum Gasteiger partial charge on any atom is 0.326 e. The third-order valence-corrected chi connectivity index (χ3v) is 6.94. The number of aliphatic imine (C=N–C) groups is 1. The number of carbonyl (C=O) groups excluding carboxylic acids is 3. The van der Waals surface area contributed by atoms with Crippen molar-refractivity contribution in [2.45, 2.75) is 44.4 Å². The first-order chi connectivity index (χ1) is 18.4. The van der Waals surface area contributed by atoms with E-state index in [4.69, 9.17) is 4.74 Å². The first kappa shape index (κ1) is 25.6. The Morgan fingerprint density at radius 3 is 2.74 bits per heavy atom. The number of ether oxygens (including phenoxy) is 1. The second-order valence-corrected chi connectivity index (χ2v) is 9.49. The Kier molecular flexibility index (Phi) is 7.23. The van der Waals surface area contributed by atoms with Gasteiger partial charge in [-0.1, -0.05) is 13.0 Å². The molecule has 0 radical (unpaired) electrons. The number of methoxy groups -OCH3 is 1. The van der Waals surface area contributed by atoms with Crippen molar-refractivity contribution in [1.82, 2.24) is 25.8 Å². The van der Waals surface area contributed by atoms with E-state index in [1.165, 1.54) is 24.3 Å². The molecule has 2 aromatic rings. The van der Waals surface area contributed by atoms with Gasteiger partial charge < -0.3 is 26.0 Å². The summed E-state index contributed by atoms with van der Waals surface area (Å²) >= 11 is 0. The first-order valence-corrected chi connectivity index (χ1v) is 12.7. The van der Waals surface area contributed by atoms with Crippen LogP contribution in [0.5, 0.6) is 0 Å². The van der Waals surface area contributed by atoms with Crippen LogP contribution in [0.15, 0.2) is 41.5 Å². The second kappa shape index (κ2) is 10.7. The van der Waals surface area contributed by atoms with Gasteiger partial charge in [0.2, 0.25) is 0 Å². The Morgan fingerprint density at radius 2 is 2.05 bits per heavy atom. The van der Waals surface area contributed by atoms with E-state index in [1.807, 2.05) is 6.92 Å². The van der Waals surface area contributed by atoms with Crippen molar-refractivity contribution >= 4 is 29.5 Å². The number of imide groups is 1. The van der Waals surface area contributed by atoms with Crippen LogP contribution in [0.25, 0.3) is 11.3 Å². The highest BCUT2D eigenvalue weighted by molar-refractivity contribution is 6.08. The van der Waals surface area contributed by atoms with Crippen LogP contribution in [-0.2, 0) is 9.53 Å². The molecule has 5 rings (SSSR count). The number of benzene rings is 1. The molecular weight excluding hydrogens is 493 g/mol. The van der Waals surface area contributed by atoms with Gasteiger partial charge in [0, 0.05) is 37.0 Å². The molecule has 1 aromatic carbocycles. The summed E-state index contributed by atoms with van der Waals surface area (Å²) in [4.78, 5) is 48.2. The molecule has 3 atom stereocenters. The molecule has 4 N–H and O–H groups in total. The van der Waals surface area contributed by atoms with Crippen LogP contribution in [0.1, 0.15) is 31.7 Å². The molecule has 3 heterocycles. The Morgan fingerprint density at radius 1 is 1.24 bits per heavy atom. The highest BCUT2D eigenvalue weighted by atomic mass is 19.1. The number of urea groups is 2.